The normalized spacial score (nSPS) is 14.7. The van der Waals surface area contributed by atoms with Crippen molar-refractivity contribution >= 4 is 22.9 Å². The minimum absolute atomic E-state index is 0.191. The van der Waals surface area contributed by atoms with E-state index in [1.165, 1.54) is 37.3 Å². The van der Waals surface area contributed by atoms with Crippen molar-refractivity contribution in [3.05, 3.63) is 108 Å². The summed E-state index contributed by atoms with van der Waals surface area (Å²) in [6, 6.07) is 19.2. The standard InChI is InChI=1S/C30H30F3N3O4/c1-29(17-22-18-34-25-15-9-8-14-24(22)25,27(38)35-23(19-37)16-20-10-4-2-5-11-20)36(28(39)40)26(30(31,32)33)21-12-6-3-7-13-21/h2-15,18,23,26,34,37H,16-17,19H2,1H3,(H,35,38)(H,39,40). The fourth-order valence-electron chi connectivity index (χ4n) is 5.05. The molecule has 3 unspecified atom stereocenters. The second-order valence-electron chi connectivity index (χ2n) is 9.86. The quantitative estimate of drug-likeness (QED) is 0.209. The number of halogens is 3. The van der Waals surface area contributed by atoms with Gasteiger partial charge in [-0.2, -0.15) is 13.2 Å². The predicted molar refractivity (Wildman–Crippen MR) is 145 cm³/mol. The van der Waals surface area contributed by atoms with E-state index in [1.54, 1.807) is 60.8 Å². The Kier molecular flexibility index (Phi) is 8.49. The Morgan fingerprint density at radius 3 is 2.15 bits per heavy atom. The number of nitrogens with zero attached hydrogens (tertiary/aromatic N) is 1. The molecule has 1 aromatic heterocycles. The molecular weight excluding hydrogens is 523 g/mol. The number of aliphatic hydroxyl groups excluding tert-OH is 1. The van der Waals surface area contributed by atoms with Gasteiger partial charge >= 0.3 is 12.3 Å². The molecule has 1 heterocycles. The molecule has 4 aromatic rings. The number of amides is 2. The maximum absolute atomic E-state index is 14.7. The van der Waals surface area contributed by atoms with Crippen LogP contribution in [0.3, 0.4) is 0 Å². The van der Waals surface area contributed by atoms with Crippen molar-refractivity contribution in [2.24, 2.45) is 0 Å². The minimum atomic E-state index is -5.04. The summed E-state index contributed by atoms with van der Waals surface area (Å²) >= 11 is 0. The van der Waals surface area contributed by atoms with Gasteiger partial charge in [-0.05, 0) is 36.1 Å². The zero-order valence-electron chi connectivity index (χ0n) is 21.7. The second kappa shape index (κ2) is 11.8. The highest BCUT2D eigenvalue weighted by atomic mass is 19.4. The lowest BCUT2D eigenvalue weighted by atomic mass is 9.86. The number of hydrogen-bond donors (Lipinski definition) is 4. The van der Waals surface area contributed by atoms with Crippen molar-refractivity contribution in [3.63, 3.8) is 0 Å². The summed E-state index contributed by atoms with van der Waals surface area (Å²) in [5.41, 5.74) is -0.616. The van der Waals surface area contributed by atoms with Gasteiger partial charge in [0.1, 0.15) is 5.54 Å². The molecule has 210 valence electrons. The number of rotatable bonds is 10. The van der Waals surface area contributed by atoms with Crippen molar-refractivity contribution in [3.8, 4) is 0 Å². The number of carbonyl (C=O) groups is 2. The van der Waals surface area contributed by atoms with Crippen molar-refractivity contribution in [1.29, 1.82) is 0 Å². The first kappa shape index (κ1) is 28.7. The van der Waals surface area contributed by atoms with E-state index >= 15 is 0 Å². The lowest BCUT2D eigenvalue weighted by Crippen LogP contribution is -2.64. The monoisotopic (exact) mass is 553 g/mol. The number of aromatic nitrogens is 1. The van der Waals surface area contributed by atoms with Crippen LogP contribution in [0.2, 0.25) is 0 Å². The van der Waals surface area contributed by atoms with Crippen LogP contribution in [-0.4, -0.2) is 56.5 Å². The largest absolute Gasteiger partial charge is 0.465 e. The first-order chi connectivity index (χ1) is 19.0. The van der Waals surface area contributed by atoms with Gasteiger partial charge in [0.15, 0.2) is 6.04 Å². The number of benzene rings is 3. The Bertz CT molecular complexity index is 1440. The van der Waals surface area contributed by atoms with Crippen molar-refractivity contribution in [2.75, 3.05) is 6.61 Å². The summed E-state index contributed by atoms with van der Waals surface area (Å²) < 4.78 is 44.0. The Morgan fingerprint density at radius 1 is 0.950 bits per heavy atom. The minimum Gasteiger partial charge on any atom is -0.465 e. The molecular formula is C30H30F3N3O4. The number of carbonyl (C=O) groups excluding carboxylic acids is 1. The Hall–Kier alpha value is -4.31. The molecule has 0 radical (unpaired) electrons. The summed E-state index contributed by atoms with van der Waals surface area (Å²) in [4.78, 5) is 30.0. The summed E-state index contributed by atoms with van der Waals surface area (Å²) in [5.74, 6) is -0.958. The van der Waals surface area contributed by atoms with E-state index in [1.807, 2.05) is 0 Å². The third-order valence-corrected chi connectivity index (χ3v) is 7.00. The van der Waals surface area contributed by atoms with Crippen LogP contribution in [0.4, 0.5) is 18.0 Å². The van der Waals surface area contributed by atoms with Crippen molar-refractivity contribution in [1.82, 2.24) is 15.2 Å². The third-order valence-electron chi connectivity index (χ3n) is 7.00. The van der Waals surface area contributed by atoms with Gasteiger partial charge in [0, 0.05) is 23.5 Å². The average molecular weight is 554 g/mol. The highest BCUT2D eigenvalue weighted by Gasteiger charge is 2.55. The molecule has 2 amide bonds. The Labute approximate surface area is 229 Å². The van der Waals surface area contributed by atoms with Gasteiger partial charge in [-0.15, -0.1) is 0 Å². The molecule has 0 aliphatic rings. The number of H-pyrrole nitrogens is 1. The summed E-state index contributed by atoms with van der Waals surface area (Å²) in [6.07, 6.45) is -5.55. The van der Waals surface area contributed by atoms with E-state index in [-0.39, 0.29) is 23.3 Å². The van der Waals surface area contributed by atoms with Crippen LogP contribution in [-0.2, 0) is 17.6 Å². The highest BCUT2D eigenvalue weighted by Crippen LogP contribution is 2.43. The molecule has 0 saturated heterocycles. The van der Waals surface area contributed by atoms with Crippen molar-refractivity contribution in [2.45, 2.75) is 43.6 Å². The lowest BCUT2D eigenvalue weighted by molar-refractivity contribution is -0.194. The maximum atomic E-state index is 14.7. The second-order valence-corrected chi connectivity index (χ2v) is 9.86. The number of carboxylic acid groups (broad SMARTS) is 1. The fourth-order valence-corrected chi connectivity index (χ4v) is 5.05. The van der Waals surface area contributed by atoms with Gasteiger partial charge < -0.3 is 20.5 Å². The van der Waals surface area contributed by atoms with E-state index in [0.29, 0.717) is 16.5 Å². The molecule has 3 aromatic carbocycles. The van der Waals surface area contributed by atoms with Crippen molar-refractivity contribution < 1.29 is 33.0 Å². The molecule has 4 rings (SSSR count). The maximum Gasteiger partial charge on any atom is 0.413 e. The van der Waals surface area contributed by atoms with Gasteiger partial charge in [0.25, 0.3) is 0 Å². The van der Waals surface area contributed by atoms with Gasteiger partial charge in [0.2, 0.25) is 5.91 Å². The van der Waals surface area contributed by atoms with Crippen LogP contribution in [0.5, 0.6) is 0 Å². The number of aromatic amines is 1. The SMILES string of the molecule is CC(Cc1c[nH]c2ccccc12)(C(=O)NC(CO)Cc1ccccc1)N(C(=O)O)C(c1ccccc1)C(F)(F)F. The number of fused-ring (bicyclic) bond motifs is 1. The molecule has 0 saturated carbocycles. The first-order valence-electron chi connectivity index (χ1n) is 12.7. The molecule has 4 N–H and O–H groups in total. The molecule has 40 heavy (non-hydrogen) atoms. The molecule has 7 nitrogen and oxygen atoms in total. The molecule has 0 aliphatic heterocycles. The number of aliphatic hydroxyl groups is 1. The zero-order valence-corrected chi connectivity index (χ0v) is 21.7. The molecule has 0 spiro atoms. The van der Waals surface area contributed by atoms with Gasteiger partial charge in [-0.3, -0.25) is 9.69 Å². The Morgan fingerprint density at radius 2 is 1.55 bits per heavy atom. The topological polar surface area (TPSA) is 106 Å². The van der Waals surface area contributed by atoms with E-state index in [2.05, 4.69) is 10.3 Å². The number of nitrogens with one attached hydrogen (secondary N) is 2. The van der Waals surface area contributed by atoms with Crippen LogP contribution in [0.1, 0.15) is 29.7 Å². The van der Waals surface area contributed by atoms with Gasteiger partial charge in [0.05, 0.1) is 12.6 Å². The van der Waals surface area contributed by atoms with E-state index in [9.17, 15) is 33.0 Å². The molecule has 0 fully saturated rings. The number of para-hydroxylation sites is 1. The number of hydrogen-bond acceptors (Lipinski definition) is 3. The van der Waals surface area contributed by atoms with Crippen LogP contribution in [0.25, 0.3) is 10.9 Å². The molecule has 0 aliphatic carbocycles. The van der Waals surface area contributed by atoms with Gasteiger partial charge in [-0.1, -0.05) is 78.9 Å². The Balaban J connectivity index is 1.82. The zero-order chi connectivity index (χ0) is 28.9. The first-order valence-corrected chi connectivity index (χ1v) is 12.7. The summed E-state index contributed by atoms with van der Waals surface area (Å²) in [6.45, 7) is 0.690. The fraction of sp³-hybridized carbons (Fsp3) is 0.267. The predicted octanol–water partition coefficient (Wildman–Crippen LogP) is 5.47. The molecule has 0 bridgehead atoms. The molecule has 10 heteroatoms. The smallest absolute Gasteiger partial charge is 0.413 e. The average Bonchev–Trinajstić information content (AvgIpc) is 3.33. The van der Waals surface area contributed by atoms with Crippen LogP contribution >= 0.6 is 0 Å². The van der Waals surface area contributed by atoms with Gasteiger partial charge in [-0.25, -0.2) is 4.79 Å². The van der Waals surface area contributed by atoms with Crippen LogP contribution < -0.4 is 5.32 Å². The van der Waals surface area contributed by atoms with Crippen LogP contribution in [0.15, 0.2) is 91.1 Å². The highest BCUT2D eigenvalue weighted by molar-refractivity contribution is 5.92. The van der Waals surface area contributed by atoms with E-state index < -0.39 is 42.4 Å². The number of alkyl halides is 3. The molecule has 3 atom stereocenters. The van der Waals surface area contributed by atoms with E-state index in [4.69, 9.17) is 0 Å². The van der Waals surface area contributed by atoms with Crippen LogP contribution in [0, 0.1) is 0 Å². The third kappa shape index (κ3) is 6.12. The summed E-state index contributed by atoms with van der Waals surface area (Å²) in [7, 11) is 0. The van der Waals surface area contributed by atoms with E-state index in [0.717, 1.165) is 5.56 Å². The summed E-state index contributed by atoms with van der Waals surface area (Å²) in [5, 5.41) is 23.6. The lowest BCUT2D eigenvalue weighted by Gasteiger charge is -2.44.